The molecule has 5 nitrogen and oxygen atoms in total. The van der Waals surface area contributed by atoms with Crippen molar-refractivity contribution in [2.75, 3.05) is 13.1 Å². The molecule has 1 amide bonds. The van der Waals surface area contributed by atoms with E-state index < -0.39 is 29.5 Å². The Kier molecular flexibility index (Phi) is 2.64. The Hall–Kier alpha value is -1.62. The number of nitrogens with zero attached hydrogens (tertiary/aromatic N) is 1. The van der Waals surface area contributed by atoms with E-state index in [4.69, 9.17) is 4.74 Å². The van der Waals surface area contributed by atoms with E-state index in [2.05, 4.69) is 19.9 Å². The zero-order chi connectivity index (χ0) is 16.9. The molecular weight excluding hydrogens is 306 g/mol. The number of allylic oxidation sites excluding steroid dienone is 1. The largest absolute Gasteiger partial charge is 0.481 e. The minimum absolute atomic E-state index is 0.0468. The fraction of sp³-hybridized carbons (Fsp3) is 0.684. The SMILES string of the molecule is CC1(C)[C@H]2CC=C(CN3C[C@@]45C=C[C@H](O4)[C@H](C(=O)O)[C@@H]5C3=O)[C@@H]1C2. The first-order chi connectivity index (χ1) is 11.3. The molecule has 4 bridgehead atoms. The summed E-state index contributed by atoms with van der Waals surface area (Å²) in [5, 5.41) is 9.53. The zero-order valence-electron chi connectivity index (χ0n) is 14.1. The number of ether oxygens (including phenoxy) is 1. The number of carbonyl (C=O) groups is 2. The Morgan fingerprint density at radius 3 is 2.92 bits per heavy atom. The second-order valence-corrected chi connectivity index (χ2v) is 8.75. The third kappa shape index (κ3) is 1.59. The maximum Gasteiger partial charge on any atom is 0.310 e. The first kappa shape index (κ1) is 14.7. The van der Waals surface area contributed by atoms with Crippen LogP contribution in [0.1, 0.15) is 26.7 Å². The van der Waals surface area contributed by atoms with Crippen molar-refractivity contribution in [2.24, 2.45) is 29.1 Å². The van der Waals surface area contributed by atoms with E-state index in [9.17, 15) is 14.7 Å². The monoisotopic (exact) mass is 329 g/mol. The van der Waals surface area contributed by atoms with Crippen molar-refractivity contribution < 1.29 is 19.4 Å². The molecule has 3 aliphatic heterocycles. The molecule has 5 heteroatoms. The topological polar surface area (TPSA) is 66.8 Å². The lowest BCUT2D eigenvalue weighted by Crippen LogP contribution is -2.50. The maximum absolute atomic E-state index is 13.0. The summed E-state index contributed by atoms with van der Waals surface area (Å²) < 4.78 is 5.95. The van der Waals surface area contributed by atoms with E-state index in [-0.39, 0.29) is 5.91 Å². The van der Waals surface area contributed by atoms with Crippen molar-refractivity contribution in [2.45, 2.75) is 38.4 Å². The molecular formula is C19H23NO4. The van der Waals surface area contributed by atoms with E-state index in [0.717, 1.165) is 12.3 Å². The van der Waals surface area contributed by atoms with Gasteiger partial charge in [0.15, 0.2) is 0 Å². The fourth-order valence-corrected chi connectivity index (χ4v) is 5.87. The van der Waals surface area contributed by atoms with E-state index in [1.807, 2.05) is 17.1 Å². The van der Waals surface area contributed by atoms with Gasteiger partial charge < -0.3 is 14.7 Å². The second kappa shape index (κ2) is 4.31. The maximum atomic E-state index is 13.0. The summed E-state index contributed by atoms with van der Waals surface area (Å²) in [4.78, 5) is 26.4. The third-order valence-electron chi connectivity index (χ3n) is 7.42. The summed E-state index contributed by atoms with van der Waals surface area (Å²) in [6.45, 7) is 5.77. The van der Waals surface area contributed by atoms with Gasteiger partial charge in [-0.15, -0.1) is 0 Å². The van der Waals surface area contributed by atoms with Crippen LogP contribution in [0.2, 0.25) is 0 Å². The summed E-state index contributed by atoms with van der Waals surface area (Å²) in [7, 11) is 0. The molecule has 0 aromatic carbocycles. The van der Waals surface area contributed by atoms with E-state index in [0.29, 0.717) is 24.4 Å². The summed E-state index contributed by atoms with van der Waals surface area (Å²) in [6.07, 6.45) is 7.95. The first-order valence-corrected chi connectivity index (χ1v) is 8.91. The number of hydrogen-bond acceptors (Lipinski definition) is 3. The minimum atomic E-state index is -0.925. The van der Waals surface area contributed by atoms with Gasteiger partial charge in [0.1, 0.15) is 11.5 Å². The van der Waals surface area contributed by atoms with Crippen LogP contribution in [-0.2, 0) is 14.3 Å². The molecule has 0 aromatic rings. The van der Waals surface area contributed by atoms with Gasteiger partial charge in [-0.05, 0) is 30.1 Å². The van der Waals surface area contributed by atoms with Gasteiger partial charge in [0.25, 0.3) is 0 Å². The predicted molar refractivity (Wildman–Crippen MR) is 86.0 cm³/mol. The lowest BCUT2D eigenvalue weighted by molar-refractivity contribution is -0.148. The normalized spacial score (nSPS) is 46.8. The molecule has 6 aliphatic rings. The molecule has 1 N–H and O–H groups in total. The van der Waals surface area contributed by atoms with Gasteiger partial charge >= 0.3 is 5.97 Å². The highest BCUT2D eigenvalue weighted by atomic mass is 16.5. The molecule has 3 heterocycles. The molecule has 0 radical (unpaired) electrons. The van der Waals surface area contributed by atoms with Gasteiger partial charge in [0.05, 0.1) is 18.6 Å². The van der Waals surface area contributed by atoms with Gasteiger partial charge in [-0.2, -0.15) is 0 Å². The number of fused-ring (bicyclic) bond motifs is 2. The van der Waals surface area contributed by atoms with Gasteiger partial charge in [-0.25, -0.2) is 0 Å². The standard InChI is InChI=1S/C19H23NO4/c1-18(2)11-4-3-10(12(18)7-11)8-20-9-19-6-5-13(24-19)14(17(22)23)15(19)16(20)21/h3,5-6,11-15H,4,7-9H2,1-2H3,(H,22,23)/t11-,12-,13-,14-,15+,19+/m0/s1. The minimum Gasteiger partial charge on any atom is -0.481 e. The van der Waals surface area contributed by atoms with Crippen molar-refractivity contribution in [3.8, 4) is 0 Å². The highest BCUT2D eigenvalue weighted by Gasteiger charge is 2.67. The van der Waals surface area contributed by atoms with Gasteiger partial charge in [-0.3, -0.25) is 9.59 Å². The Morgan fingerprint density at radius 2 is 2.25 bits per heavy atom. The van der Waals surface area contributed by atoms with Crippen LogP contribution in [0.4, 0.5) is 0 Å². The molecule has 2 saturated heterocycles. The molecule has 24 heavy (non-hydrogen) atoms. The molecule has 0 unspecified atom stereocenters. The fourth-order valence-electron chi connectivity index (χ4n) is 5.87. The average molecular weight is 329 g/mol. The van der Waals surface area contributed by atoms with Crippen LogP contribution in [0.15, 0.2) is 23.8 Å². The Morgan fingerprint density at radius 1 is 1.46 bits per heavy atom. The summed E-state index contributed by atoms with van der Waals surface area (Å²) in [6, 6.07) is 0. The van der Waals surface area contributed by atoms with Crippen LogP contribution in [0, 0.1) is 29.1 Å². The summed E-state index contributed by atoms with van der Waals surface area (Å²) >= 11 is 0. The predicted octanol–water partition coefficient (Wildman–Crippen LogP) is 1.85. The number of carboxylic acid groups (broad SMARTS) is 1. The van der Waals surface area contributed by atoms with Crippen LogP contribution < -0.4 is 0 Å². The molecule has 6 atom stereocenters. The van der Waals surface area contributed by atoms with Crippen molar-refractivity contribution in [3.05, 3.63) is 23.8 Å². The number of hydrogen-bond donors (Lipinski definition) is 1. The number of carbonyl (C=O) groups excluding carboxylic acids is 1. The van der Waals surface area contributed by atoms with Crippen molar-refractivity contribution >= 4 is 11.9 Å². The number of amides is 1. The van der Waals surface area contributed by atoms with Gasteiger partial charge in [-0.1, -0.05) is 37.6 Å². The molecule has 1 spiro atoms. The third-order valence-corrected chi connectivity index (χ3v) is 7.42. The smallest absolute Gasteiger partial charge is 0.310 e. The Labute approximate surface area is 141 Å². The Bertz CT molecular complexity index is 708. The van der Waals surface area contributed by atoms with Crippen molar-refractivity contribution in [3.63, 3.8) is 0 Å². The number of rotatable bonds is 3. The van der Waals surface area contributed by atoms with Gasteiger partial charge in [0, 0.05) is 6.54 Å². The van der Waals surface area contributed by atoms with E-state index >= 15 is 0 Å². The lowest BCUT2D eigenvalue weighted by atomic mass is 9.49. The summed E-state index contributed by atoms with van der Waals surface area (Å²) in [5.74, 6) is -0.934. The zero-order valence-corrected chi connectivity index (χ0v) is 14.1. The first-order valence-electron chi connectivity index (χ1n) is 8.91. The van der Waals surface area contributed by atoms with Crippen LogP contribution in [-0.4, -0.2) is 46.7 Å². The molecule has 6 rings (SSSR count). The van der Waals surface area contributed by atoms with Crippen molar-refractivity contribution in [1.82, 2.24) is 4.90 Å². The van der Waals surface area contributed by atoms with E-state index in [1.165, 1.54) is 12.0 Å². The average Bonchev–Trinajstić information content (AvgIpc) is 3.16. The quantitative estimate of drug-likeness (QED) is 0.803. The lowest BCUT2D eigenvalue weighted by Gasteiger charge is -2.56. The summed E-state index contributed by atoms with van der Waals surface area (Å²) in [5.41, 5.74) is 0.981. The molecule has 3 fully saturated rings. The van der Waals surface area contributed by atoms with Crippen LogP contribution in [0.5, 0.6) is 0 Å². The molecule has 128 valence electrons. The Balaban J connectivity index is 1.40. The van der Waals surface area contributed by atoms with Crippen LogP contribution in [0.25, 0.3) is 0 Å². The molecule has 0 aromatic heterocycles. The molecule has 3 aliphatic carbocycles. The van der Waals surface area contributed by atoms with Crippen LogP contribution in [0.3, 0.4) is 0 Å². The highest BCUT2D eigenvalue weighted by molar-refractivity contribution is 5.90. The van der Waals surface area contributed by atoms with E-state index in [1.54, 1.807) is 0 Å². The van der Waals surface area contributed by atoms with Crippen LogP contribution >= 0.6 is 0 Å². The highest BCUT2D eigenvalue weighted by Crippen LogP contribution is 2.60. The second-order valence-electron chi connectivity index (χ2n) is 8.75. The number of carboxylic acids is 1. The number of aliphatic carboxylic acids is 1. The van der Waals surface area contributed by atoms with Crippen molar-refractivity contribution in [1.29, 1.82) is 0 Å². The van der Waals surface area contributed by atoms with Gasteiger partial charge in [0.2, 0.25) is 5.91 Å². The number of likely N-dealkylation sites (tertiary alicyclic amines) is 1. The molecule has 1 saturated carbocycles.